The van der Waals surface area contributed by atoms with Crippen molar-refractivity contribution in [1.82, 2.24) is 5.32 Å². The molecule has 1 aromatic carbocycles. The first-order valence-corrected chi connectivity index (χ1v) is 5.84. The predicted octanol–water partition coefficient (Wildman–Crippen LogP) is 2.48. The van der Waals surface area contributed by atoms with Crippen molar-refractivity contribution in [2.75, 3.05) is 18.5 Å². The summed E-state index contributed by atoms with van der Waals surface area (Å²) in [5.41, 5.74) is 0.833. The molecule has 1 aliphatic heterocycles. The van der Waals surface area contributed by atoms with E-state index < -0.39 is 0 Å². The predicted molar refractivity (Wildman–Crippen MR) is 66.9 cm³/mol. The molecule has 0 saturated carbocycles. The third-order valence-corrected chi connectivity index (χ3v) is 2.81. The van der Waals surface area contributed by atoms with Crippen molar-refractivity contribution in [2.45, 2.75) is 25.6 Å². The molecule has 0 radical (unpaired) electrons. The zero-order valence-electron chi connectivity index (χ0n) is 9.59. The summed E-state index contributed by atoms with van der Waals surface area (Å²) in [4.78, 5) is 0. The maximum Gasteiger partial charge on any atom is 0.113 e. The van der Waals surface area contributed by atoms with E-state index in [0.717, 1.165) is 23.9 Å². The number of hydrogen-bond donors (Lipinski definition) is 2. The van der Waals surface area contributed by atoms with Gasteiger partial charge in [-0.1, -0.05) is 17.7 Å². The van der Waals surface area contributed by atoms with E-state index >= 15 is 0 Å². The summed E-state index contributed by atoms with van der Waals surface area (Å²) in [6.45, 7) is 5.64. The number of ether oxygens (including phenoxy) is 1. The summed E-state index contributed by atoms with van der Waals surface area (Å²) in [5.74, 6) is 0. The SMILES string of the molecule is CC1(C)NC(CNc2cccc(Cl)c2)CO1. The summed E-state index contributed by atoms with van der Waals surface area (Å²) < 4.78 is 5.59. The van der Waals surface area contributed by atoms with E-state index in [4.69, 9.17) is 16.3 Å². The lowest BCUT2D eigenvalue weighted by atomic mass is 10.2. The molecule has 1 fully saturated rings. The van der Waals surface area contributed by atoms with Crippen LogP contribution in [0.3, 0.4) is 0 Å². The number of anilines is 1. The summed E-state index contributed by atoms with van der Waals surface area (Å²) >= 11 is 5.91. The Balaban J connectivity index is 1.84. The van der Waals surface area contributed by atoms with E-state index in [9.17, 15) is 0 Å². The number of nitrogens with one attached hydrogen (secondary N) is 2. The largest absolute Gasteiger partial charge is 0.383 e. The van der Waals surface area contributed by atoms with Crippen LogP contribution in [0.5, 0.6) is 0 Å². The smallest absolute Gasteiger partial charge is 0.113 e. The Bertz CT molecular complexity index is 368. The average Bonchev–Trinajstić information content (AvgIpc) is 2.56. The van der Waals surface area contributed by atoms with Crippen LogP contribution in [-0.2, 0) is 4.74 Å². The first-order chi connectivity index (χ1) is 7.55. The highest BCUT2D eigenvalue weighted by Crippen LogP contribution is 2.17. The van der Waals surface area contributed by atoms with Crippen molar-refractivity contribution in [3.05, 3.63) is 29.3 Å². The van der Waals surface area contributed by atoms with Gasteiger partial charge in [-0.3, -0.25) is 5.32 Å². The van der Waals surface area contributed by atoms with Crippen LogP contribution >= 0.6 is 11.6 Å². The van der Waals surface area contributed by atoms with E-state index in [-0.39, 0.29) is 5.72 Å². The van der Waals surface area contributed by atoms with E-state index in [1.165, 1.54) is 0 Å². The van der Waals surface area contributed by atoms with Gasteiger partial charge >= 0.3 is 0 Å². The molecule has 0 spiro atoms. The lowest BCUT2D eigenvalue weighted by molar-refractivity contribution is 0.0231. The van der Waals surface area contributed by atoms with Crippen molar-refractivity contribution in [1.29, 1.82) is 0 Å². The van der Waals surface area contributed by atoms with Gasteiger partial charge in [0.1, 0.15) is 5.72 Å². The van der Waals surface area contributed by atoms with E-state index in [1.54, 1.807) is 0 Å². The minimum absolute atomic E-state index is 0.208. The topological polar surface area (TPSA) is 33.3 Å². The van der Waals surface area contributed by atoms with Crippen LogP contribution in [0.2, 0.25) is 5.02 Å². The van der Waals surface area contributed by atoms with Crippen LogP contribution in [0.1, 0.15) is 13.8 Å². The van der Waals surface area contributed by atoms with Crippen LogP contribution in [0.15, 0.2) is 24.3 Å². The van der Waals surface area contributed by atoms with Crippen molar-refractivity contribution in [3.63, 3.8) is 0 Å². The second-order valence-corrected chi connectivity index (χ2v) is 4.99. The monoisotopic (exact) mass is 240 g/mol. The minimum Gasteiger partial charge on any atom is -0.383 e. The lowest BCUT2D eigenvalue weighted by Crippen LogP contribution is -2.41. The minimum atomic E-state index is -0.208. The second-order valence-electron chi connectivity index (χ2n) is 4.55. The molecule has 1 aliphatic rings. The molecule has 4 heteroatoms. The first-order valence-electron chi connectivity index (χ1n) is 5.46. The van der Waals surface area contributed by atoms with E-state index in [0.29, 0.717) is 6.04 Å². The molecule has 0 aromatic heterocycles. The maximum absolute atomic E-state index is 5.91. The summed E-state index contributed by atoms with van der Waals surface area (Å²) in [6, 6.07) is 8.07. The first kappa shape index (κ1) is 11.7. The van der Waals surface area contributed by atoms with Gasteiger partial charge in [0, 0.05) is 17.3 Å². The Morgan fingerprint density at radius 3 is 3.00 bits per heavy atom. The van der Waals surface area contributed by atoms with E-state index in [2.05, 4.69) is 10.6 Å². The Kier molecular flexibility index (Phi) is 3.38. The third-order valence-electron chi connectivity index (χ3n) is 2.57. The standard InChI is InChI=1S/C12H17ClN2O/c1-12(2)15-11(8-16-12)7-14-10-5-3-4-9(13)6-10/h3-6,11,14-15H,7-8H2,1-2H3. The maximum atomic E-state index is 5.91. The normalized spacial score (nSPS) is 23.3. The van der Waals surface area contributed by atoms with Crippen LogP contribution in [-0.4, -0.2) is 24.9 Å². The Morgan fingerprint density at radius 1 is 1.56 bits per heavy atom. The highest BCUT2D eigenvalue weighted by Gasteiger charge is 2.30. The molecule has 1 atom stereocenters. The van der Waals surface area contributed by atoms with E-state index in [1.807, 2.05) is 38.1 Å². The van der Waals surface area contributed by atoms with Gasteiger partial charge in [0.05, 0.1) is 12.6 Å². The molecule has 0 aliphatic carbocycles. The third kappa shape index (κ3) is 3.11. The fraction of sp³-hybridized carbons (Fsp3) is 0.500. The molecule has 1 saturated heterocycles. The molecule has 1 unspecified atom stereocenters. The molecule has 2 rings (SSSR count). The zero-order valence-corrected chi connectivity index (χ0v) is 10.3. The van der Waals surface area contributed by atoms with Crippen molar-refractivity contribution in [2.24, 2.45) is 0 Å². The molecule has 2 N–H and O–H groups in total. The average molecular weight is 241 g/mol. The molecule has 88 valence electrons. The van der Waals surface area contributed by atoms with Crippen molar-refractivity contribution < 1.29 is 4.74 Å². The lowest BCUT2D eigenvalue weighted by Gasteiger charge is -2.18. The molecular formula is C12H17ClN2O. The van der Waals surface area contributed by atoms with Gasteiger partial charge < -0.3 is 10.1 Å². The molecule has 1 heterocycles. The van der Waals surface area contributed by atoms with Crippen molar-refractivity contribution >= 4 is 17.3 Å². The molecule has 3 nitrogen and oxygen atoms in total. The summed E-state index contributed by atoms with van der Waals surface area (Å²) in [7, 11) is 0. The number of benzene rings is 1. The molecule has 16 heavy (non-hydrogen) atoms. The zero-order chi connectivity index (χ0) is 11.6. The Morgan fingerprint density at radius 2 is 2.38 bits per heavy atom. The van der Waals surface area contributed by atoms with Gasteiger partial charge in [-0.05, 0) is 32.0 Å². The van der Waals surface area contributed by atoms with Gasteiger partial charge in [-0.2, -0.15) is 0 Å². The van der Waals surface area contributed by atoms with Crippen LogP contribution in [0, 0.1) is 0 Å². The molecule has 1 aromatic rings. The van der Waals surface area contributed by atoms with Crippen LogP contribution in [0.4, 0.5) is 5.69 Å². The van der Waals surface area contributed by atoms with Gasteiger partial charge in [-0.25, -0.2) is 0 Å². The Labute approximate surface area is 101 Å². The number of hydrogen-bond acceptors (Lipinski definition) is 3. The fourth-order valence-corrected chi connectivity index (χ4v) is 2.02. The number of rotatable bonds is 3. The van der Waals surface area contributed by atoms with Crippen molar-refractivity contribution in [3.8, 4) is 0 Å². The molecular weight excluding hydrogens is 224 g/mol. The molecule has 0 amide bonds. The van der Waals surface area contributed by atoms with Gasteiger partial charge in [-0.15, -0.1) is 0 Å². The van der Waals surface area contributed by atoms with Gasteiger partial charge in [0.15, 0.2) is 0 Å². The fourth-order valence-electron chi connectivity index (χ4n) is 1.83. The summed E-state index contributed by atoms with van der Waals surface area (Å²) in [6.07, 6.45) is 0. The highest BCUT2D eigenvalue weighted by molar-refractivity contribution is 6.30. The van der Waals surface area contributed by atoms with Crippen LogP contribution in [0.25, 0.3) is 0 Å². The Hall–Kier alpha value is -0.770. The van der Waals surface area contributed by atoms with Gasteiger partial charge in [0.2, 0.25) is 0 Å². The second kappa shape index (κ2) is 4.62. The molecule has 0 bridgehead atoms. The van der Waals surface area contributed by atoms with Crippen LogP contribution < -0.4 is 10.6 Å². The summed E-state index contributed by atoms with van der Waals surface area (Å²) in [5, 5.41) is 7.49. The van der Waals surface area contributed by atoms with Gasteiger partial charge in [0.25, 0.3) is 0 Å². The highest BCUT2D eigenvalue weighted by atomic mass is 35.5. The quantitative estimate of drug-likeness (QED) is 0.852. The number of halogens is 1.